The van der Waals surface area contributed by atoms with E-state index in [9.17, 15) is 14.4 Å². The first kappa shape index (κ1) is 19.8. The number of fused-ring (bicyclic) bond motifs is 1. The number of aryl methyl sites for hydroxylation is 2. The molecule has 0 fully saturated rings. The third-order valence-corrected chi connectivity index (χ3v) is 6.11. The summed E-state index contributed by atoms with van der Waals surface area (Å²) in [5.41, 5.74) is 7.90. The molecule has 2 aromatic rings. The highest BCUT2D eigenvalue weighted by atomic mass is 32.1. The second-order valence-electron chi connectivity index (χ2n) is 6.66. The van der Waals surface area contributed by atoms with Crippen molar-refractivity contribution in [2.24, 2.45) is 0 Å². The largest absolute Gasteiger partial charge is 0.311 e. The topological polar surface area (TPSA) is 78.5 Å². The number of nitrogens with one attached hydrogen (secondary N) is 2. The van der Waals surface area contributed by atoms with Gasteiger partial charge < -0.3 is 4.90 Å². The molecule has 1 aliphatic rings. The van der Waals surface area contributed by atoms with Crippen molar-refractivity contribution in [1.82, 2.24) is 15.8 Å². The number of hydrogen-bond acceptors (Lipinski definition) is 4. The molecule has 0 radical (unpaired) electrons. The summed E-state index contributed by atoms with van der Waals surface area (Å²) < 4.78 is 0. The van der Waals surface area contributed by atoms with Gasteiger partial charge in [-0.1, -0.05) is 31.2 Å². The van der Waals surface area contributed by atoms with Gasteiger partial charge >= 0.3 is 0 Å². The van der Waals surface area contributed by atoms with Gasteiger partial charge in [0.15, 0.2) is 0 Å². The lowest BCUT2D eigenvalue weighted by Gasteiger charge is -2.32. The van der Waals surface area contributed by atoms with Gasteiger partial charge in [-0.2, -0.15) is 0 Å². The van der Waals surface area contributed by atoms with E-state index in [-0.39, 0.29) is 24.1 Å². The first-order valence-corrected chi connectivity index (χ1v) is 9.96. The molecule has 0 unspecified atom stereocenters. The first-order valence-electron chi connectivity index (χ1n) is 9.15. The van der Waals surface area contributed by atoms with Crippen LogP contribution >= 0.6 is 11.3 Å². The van der Waals surface area contributed by atoms with Crippen molar-refractivity contribution < 1.29 is 14.4 Å². The highest BCUT2D eigenvalue weighted by Crippen LogP contribution is 2.32. The van der Waals surface area contributed by atoms with Crippen molar-refractivity contribution in [1.29, 1.82) is 0 Å². The minimum Gasteiger partial charge on any atom is -0.311 e. The van der Waals surface area contributed by atoms with Gasteiger partial charge in [0, 0.05) is 18.0 Å². The van der Waals surface area contributed by atoms with Crippen LogP contribution in [-0.2, 0) is 16.0 Å². The van der Waals surface area contributed by atoms with E-state index in [1.165, 1.54) is 18.3 Å². The zero-order chi connectivity index (χ0) is 20.3. The van der Waals surface area contributed by atoms with Gasteiger partial charge in [-0.15, -0.1) is 11.3 Å². The summed E-state index contributed by atoms with van der Waals surface area (Å²) in [4.78, 5) is 40.0. The number of hydrazine groups is 1. The van der Waals surface area contributed by atoms with Crippen LogP contribution in [-0.4, -0.2) is 22.6 Å². The Hall–Kier alpha value is -2.93. The summed E-state index contributed by atoms with van der Waals surface area (Å²) in [5, 5.41) is 0. The molecule has 1 atom stereocenters. The third-order valence-electron chi connectivity index (χ3n) is 4.73. The van der Waals surface area contributed by atoms with Gasteiger partial charge in [0.1, 0.15) is 0 Å². The Morgan fingerprint density at radius 1 is 1.18 bits per heavy atom. The van der Waals surface area contributed by atoms with Gasteiger partial charge in [0.05, 0.1) is 17.3 Å². The number of thiophene rings is 1. The van der Waals surface area contributed by atoms with Gasteiger partial charge in [-0.25, -0.2) is 0 Å². The molecule has 1 aromatic carbocycles. The van der Waals surface area contributed by atoms with Crippen LogP contribution in [0.3, 0.4) is 0 Å². The lowest BCUT2D eigenvalue weighted by Crippen LogP contribution is -2.43. The summed E-state index contributed by atoms with van der Waals surface area (Å²) in [6, 6.07) is 9.06. The smallest absolute Gasteiger partial charge is 0.279 e. The Labute approximate surface area is 168 Å². The van der Waals surface area contributed by atoms with Crippen LogP contribution in [0.15, 0.2) is 36.5 Å². The first-order chi connectivity index (χ1) is 13.4. The maximum Gasteiger partial charge on any atom is 0.279 e. The van der Waals surface area contributed by atoms with E-state index in [1.54, 1.807) is 11.1 Å². The Bertz CT molecular complexity index is 948. The number of hydrogen-bond donors (Lipinski definition) is 2. The van der Waals surface area contributed by atoms with Gasteiger partial charge in [0.2, 0.25) is 11.8 Å². The van der Waals surface area contributed by atoms with E-state index in [2.05, 4.69) is 10.9 Å². The van der Waals surface area contributed by atoms with E-state index < -0.39 is 6.04 Å². The van der Waals surface area contributed by atoms with Crippen molar-refractivity contribution >= 4 is 35.1 Å². The van der Waals surface area contributed by atoms with Crippen LogP contribution in [0.1, 0.15) is 57.5 Å². The summed E-state index contributed by atoms with van der Waals surface area (Å²) in [6.07, 6.45) is 4.47. The zero-order valence-corrected chi connectivity index (χ0v) is 16.9. The average molecular weight is 398 g/mol. The van der Waals surface area contributed by atoms with Crippen molar-refractivity contribution in [2.45, 2.75) is 39.7 Å². The molecule has 1 aliphatic heterocycles. The molecule has 2 heterocycles. The molecule has 28 heavy (non-hydrogen) atoms. The van der Waals surface area contributed by atoms with Gasteiger partial charge in [-0.3, -0.25) is 25.2 Å². The predicted octanol–water partition coefficient (Wildman–Crippen LogP) is 3.34. The van der Waals surface area contributed by atoms with Gasteiger partial charge in [0.25, 0.3) is 5.91 Å². The molecule has 6 nitrogen and oxygen atoms in total. The number of rotatable bonds is 4. The lowest BCUT2D eigenvalue weighted by atomic mass is 9.93. The third kappa shape index (κ3) is 4.14. The summed E-state index contributed by atoms with van der Waals surface area (Å²) in [7, 11) is 0. The molecule has 0 spiro atoms. The van der Waals surface area contributed by atoms with Crippen LogP contribution in [0.2, 0.25) is 0 Å². The minimum atomic E-state index is -0.411. The number of nitrogens with zero attached hydrogens (tertiary/aromatic N) is 1. The van der Waals surface area contributed by atoms with Crippen LogP contribution in [0.4, 0.5) is 0 Å². The molecule has 0 saturated heterocycles. The fourth-order valence-corrected chi connectivity index (χ4v) is 4.32. The fourth-order valence-electron chi connectivity index (χ4n) is 3.31. The Balaban J connectivity index is 1.66. The van der Waals surface area contributed by atoms with Crippen molar-refractivity contribution in [2.75, 3.05) is 0 Å². The maximum absolute atomic E-state index is 12.5. The number of benzene rings is 1. The predicted molar refractivity (Wildman–Crippen MR) is 109 cm³/mol. The Morgan fingerprint density at radius 2 is 1.93 bits per heavy atom. The summed E-state index contributed by atoms with van der Waals surface area (Å²) >= 11 is 1.42. The highest BCUT2D eigenvalue weighted by molar-refractivity contribution is 7.14. The molecule has 0 saturated carbocycles. The molecule has 3 rings (SSSR count). The molecule has 7 heteroatoms. The Kier molecular flexibility index (Phi) is 5.94. The average Bonchev–Trinajstić information content (AvgIpc) is 3.07. The normalized spacial score (nSPS) is 15.1. The van der Waals surface area contributed by atoms with Crippen molar-refractivity contribution in [3.05, 3.63) is 63.0 Å². The van der Waals surface area contributed by atoms with Crippen LogP contribution in [0, 0.1) is 6.92 Å². The van der Waals surface area contributed by atoms with E-state index in [1.807, 2.05) is 50.3 Å². The van der Waals surface area contributed by atoms with E-state index in [0.29, 0.717) is 4.88 Å². The highest BCUT2D eigenvalue weighted by Gasteiger charge is 2.28. The van der Waals surface area contributed by atoms with Crippen LogP contribution in [0.25, 0.3) is 6.08 Å². The summed E-state index contributed by atoms with van der Waals surface area (Å²) in [6.45, 7) is 5.48. The van der Waals surface area contributed by atoms with Crippen molar-refractivity contribution in [3.8, 4) is 0 Å². The second-order valence-corrected chi connectivity index (χ2v) is 7.80. The molecular formula is C21H23N3O3S. The fraction of sp³-hybridized carbons (Fsp3) is 0.286. The van der Waals surface area contributed by atoms with E-state index in [0.717, 1.165) is 28.0 Å². The number of amides is 3. The molecule has 2 N–H and O–H groups in total. The van der Waals surface area contributed by atoms with E-state index in [4.69, 9.17) is 0 Å². The molecule has 3 amide bonds. The molecular weight excluding hydrogens is 374 g/mol. The van der Waals surface area contributed by atoms with E-state index >= 15 is 0 Å². The molecule has 146 valence electrons. The molecule has 1 aromatic heterocycles. The Morgan fingerprint density at radius 3 is 2.61 bits per heavy atom. The standard InChI is InChI=1S/C21H23N3O3S/c1-4-18-13(2)11-19(28-18)21(27)23-22-20(26)12-17-16-8-6-5-7-15(16)9-10-24(17)14(3)25/h5-11,17H,4,12H2,1-3H3,(H,22,26)(H,23,27)/t17-/m0/s1. The monoisotopic (exact) mass is 397 g/mol. The van der Waals surface area contributed by atoms with Crippen LogP contribution in [0.5, 0.6) is 0 Å². The SMILES string of the molecule is CCc1sc(C(=O)NNC(=O)C[C@H]2c3ccccc3C=CN2C(C)=O)cc1C. The molecule has 0 bridgehead atoms. The quantitative estimate of drug-likeness (QED) is 0.777. The number of carbonyl (C=O) groups excluding carboxylic acids is 3. The second kappa shape index (κ2) is 8.39. The lowest BCUT2D eigenvalue weighted by molar-refractivity contribution is -0.130. The summed E-state index contributed by atoms with van der Waals surface area (Å²) in [5.74, 6) is -0.846. The van der Waals surface area contributed by atoms with Gasteiger partial charge in [-0.05, 0) is 42.2 Å². The zero-order valence-electron chi connectivity index (χ0n) is 16.1. The maximum atomic E-state index is 12.5. The van der Waals surface area contributed by atoms with Crippen LogP contribution < -0.4 is 10.9 Å². The molecule has 0 aliphatic carbocycles. The minimum absolute atomic E-state index is 0.0465. The number of carbonyl (C=O) groups is 3. The van der Waals surface area contributed by atoms with Crippen molar-refractivity contribution in [3.63, 3.8) is 0 Å².